The van der Waals surface area contributed by atoms with Gasteiger partial charge in [0.1, 0.15) is 78.5 Å². The molecule has 99 heavy (non-hydrogen) atoms. The summed E-state index contributed by atoms with van der Waals surface area (Å²) in [6.07, 6.45) is -5.64. The molecule has 2 saturated heterocycles. The number of aliphatic hydroxyl groups excluding tert-OH is 3. The zero-order chi connectivity index (χ0) is 75.6. The Morgan fingerprint density at radius 2 is 0.808 bits per heavy atom. The first-order valence-electron chi connectivity index (χ1n) is 32.1. The first-order chi connectivity index (χ1) is 46.1. The number of likely N-dealkylation sites (tertiary alicyclic amines) is 2. The molecule has 2 aliphatic heterocycles. The number of rotatable bonds is 41. The topological polar surface area (TPSA) is 657 Å². The maximum absolute atomic E-state index is 14.4. The van der Waals surface area contributed by atoms with Crippen molar-refractivity contribution < 1.29 is 107 Å². The van der Waals surface area contributed by atoms with Crippen molar-refractivity contribution in [3.63, 3.8) is 0 Å². The zero-order valence-electron chi connectivity index (χ0n) is 56.7. The minimum absolute atomic E-state index is 0.00930. The van der Waals surface area contributed by atoms with Gasteiger partial charge in [-0.05, 0) is 85.0 Å². The molecule has 0 spiro atoms. The van der Waals surface area contributed by atoms with Gasteiger partial charge in [-0.3, -0.25) is 81.5 Å². The van der Waals surface area contributed by atoms with Crippen LogP contribution in [0.25, 0.3) is 0 Å². The Morgan fingerprint density at radius 1 is 0.424 bits per heavy atom. The Kier molecular flexibility index (Phi) is 34.7. The predicted molar refractivity (Wildman–Crippen MR) is 343 cm³/mol. The number of aliphatic carboxylic acids is 1. The summed E-state index contributed by atoms with van der Waals surface area (Å²) in [4.78, 5) is 237. The number of carbonyl (C=O) groups is 18. The van der Waals surface area contributed by atoms with Crippen molar-refractivity contribution in [1.29, 1.82) is 0 Å². The molecule has 17 amide bonds. The Bertz CT molecular complexity index is 2990. The van der Waals surface area contributed by atoms with Gasteiger partial charge in [-0.15, -0.1) is 0 Å². The van der Waals surface area contributed by atoms with E-state index in [1.165, 1.54) is 34.6 Å². The number of carboxylic acid groups (broad SMARTS) is 1. The summed E-state index contributed by atoms with van der Waals surface area (Å²) >= 11 is 0. The third-order valence-corrected chi connectivity index (χ3v) is 16.3. The Balaban J connectivity index is 2.19. The lowest BCUT2D eigenvalue weighted by Gasteiger charge is -2.33. The average Bonchev–Trinajstić information content (AvgIpc) is 1.76. The van der Waals surface area contributed by atoms with E-state index in [-0.39, 0.29) is 51.6 Å². The highest BCUT2D eigenvalue weighted by molar-refractivity contribution is 6.01. The zero-order valence-corrected chi connectivity index (χ0v) is 56.7. The fourth-order valence-electron chi connectivity index (χ4n) is 10.3. The average molecular weight is 1410 g/mol. The first kappa shape index (κ1) is 85.4. The third kappa shape index (κ3) is 26.9. The number of carboxylic acids is 1. The van der Waals surface area contributed by atoms with Crippen LogP contribution in [-0.4, -0.2) is 253 Å². The van der Waals surface area contributed by atoms with Crippen LogP contribution in [0.5, 0.6) is 0 Å². The van der Waals surface area contributed by atoms with Gasteiger partial charge in [0.25, 0.3) is 0 Å². The molecule has 2 aliphatic rings. The van der Waals surface area contributed by atoms with Gasteiger partial charge in [0.05, 0.1) is 37.7 Å². The molecule has 2 rings (SSSR count). The molecule has 0 aromatic heterocycles. The predicted octanol–water partition coefficient (Wildman–Crippen LogP) is -10.5. The Hall–Kier alpha value is -9.70. The van der Waals surface area contributed by atoms with Gasteiger partial charge in [-0.1, -0.05) is 34.1 Å². The van der Waals surface area contributed by atoms with Gasteiger partial charge in [-0.2, -0.15) is 0 Å². The normalized spacial score (nSPS) is 18.8. The van der Waals surface area contributed by atoms with E-state index >= 15 is 0 Å². The van der Waals surface area contributed by atoms with Crippen molar-refractivity contribution >= 4 is 106 Å². The molecular weight excluding hydrogens is 1310 g/mol. The van der Waals surface area contributed by atoms with Crippen LogP contribution in [0.1, 0.15) is 133 Å². The molecule has 556 valence electrons. The van der Waals surface area contributed by atoms with Crippen LogP contribution >= 0.6 is 0 Å². The maximum atomic E-state index is 14.4. The first-order valence-corrected chi connectivity index (χ1v) is 32.1. The van der Waals surface area contributed by atoms with Gasteiger partial charge >= 0.3 is 5.97 Å². The molecule has 0 aromatic carbocycles. The van der Waals surface area contributed by atoms with E-state index in [9.17, 15) is 107 Å². The van der Waals surface area contributed by atoms with E-state index in [2.05, 4.69) is 58.5 Å². The summed E-state index contributed by atoms with van der Waals surface area (Å²) in [5, 5.41) is 66.7. The van der Waals surface area contributed by atoms with Gasteiger partial charge in [0.15, 0.2) is 0 Å². The minimum Gasteiger partial charge on any atom is -0.480 e. The minimum atomic E-state index is -1.88. The second-order valence-corrected chi connectivity index (χ2v) is 24.8. The van der Waals surface area contributed by atoms with Crippen molar-refractivity contribution in [1.82, 2.24) is 68.3 Å². The van der Waals surface area contributed by atoms with E-state index in [0.717, 1.165) is 23.6 Å². The van der Waals surface area contributed by atoms with Gasteiger partial charge in [0, 0.05) is 25.9 Å². The van der Waals surface area contributed by atoms with Crippen molar-refractivity contribution in [2.24, 2.45) is 40.5 Å². The number of hydrogen-bond acceptors (Lipinski definition) is 22. The second-order valence-electron chi connectivity index (χ2n) is 24.8. The maximum Gasteiger partial charge on any atom is 0.326 e. The summed E-state index contributed by atoms with van der Waals surface area (Å²) in [5.74, 6) is -19.8. The van der Waals surface area contributed by atoms with Crippen molar-refractivity contribution in [2.45, 2.75) is 230 Å². The number of carbonyl (C=O) groups excluding carboxylic acids is 17. The molecule has 0 radical (unpaired) electrons. The lowest BCUT2D eigenvalue weighted by atomic mass is 9.96. The number of amides is 17. The molecule has 17 atom stereocenters. The number of primary amides is 4. The summed E-state index contributed by atoms with van der Waals surface area (Å²) in [6, 6.07) is -21.7. The van der Waals surface area contributed by atoms with Gasteiger partial charge in [0.2, 0.25) is 100 Å². The lowest BCUT2D eigenvalue weighted by Crippen LogP contribution is -2.62. The van der Waals surface area contributed by atoms with E-state index < -0.39 is 254 Å². The van der Waals surface area contributed by atoms with Gasteiger partial charge < -0.3 is 117 Å². The molecule has 0 saturated carbocycles. The van der Waals surface area contributed by atoms with Gasteiger partial charge in [-0.25, -0.2) is 4.79 Å². The summed E-state index contributed by atoms with van der Waals surface area (Å²) in [5.41, 5.74) is 26.6. The molecule has 25 N–H and O–H groups in total. The largest absolute Gasteiger partial charge is 0.480 e. The van der Waals surface area contributed by atoms with Crippen LogP contribution in [0.15, 0.2) is 0 Å². The van der Waals surface area contributed by atoms with Crippen molar-refractivity contribution in [3.8, 4) is 0 Å². The molecule has 0 unspecified atom stereocenters. The molecule has 40 heteroatoms. The van der Waals surface area contributed by atoms with Crippen molar-refractivity contribution in [3.05, 3.63) is 0 Å². The fourth-order valence-corrected chi connectivity index (χ4v) is 10.3. The van der Waals surface area contributed by atoms with Crippen LogP contribution in [0, 0.1) is 11.8 Å². The number of hydrogen-bond donors (Lipinski definition) is 20. The highest BCUT2D eigenvalue weighted by Gasteiger charge is 2.44. The molecule has 0 aromatic rings. The molecule has 2 heterocycles. The van der Waals surface area contributed by atoms with E-state index in [1.54, 1.807) is 13.8 Å². The summed E-state index contributed by atoms with van der Waals surface area (Å²) in [7, 11) is 0. The molecular formula is C59H98N18O22. The third-order valence-electron chi connectivity index (χ3n) is 16.3. The lowest BCUT2D eigenvalue weighted by molar-refractivity contribution is -0.144. The van der Waals surface area contributed by atoms with E-state index in [1.807, 2.05) is 0 Å². The van der Waals surface area contributed by atoms with E-state index in [4.69, 9.17) is 28.7 Å². The number of nitrogens with two attached hydrogens (primary N) is 5. The number of aliphatic hydroxyl groups is 3. The number of nitrogens with one attached hydrogen (secondary N) is 11. The SMILES string of the molecule is CC[C@H](C)[C@H](NC(=O)[C@H](CO)NC(=O)[C@@H](NC(=O)[C@H](C)NC(=O)[C@H](C)NC(=O)[C@@H]1CCCN1C(=O)[C@H](CCC(N)=O)NC(=O)[C@@H](NC(=O)[C@H](C)NC(=O)[C@@H](N)CC(N)=O)[C@@H](C)O)[C@@H](C)O)C(=O)N1CCC[C@H]1C(=O)N[C@@H](CC(N)=O)C(=O)N[C@H](C(=O)N[C@@H](CCC(N)=O)C(=O)O)C(C)C. The molecule has 0 aliphatic carbocycles. The fraction of sp³-hybridized carbons (Fsp3) is 0.695. The highest BCUT2D eigenvalue weighted by atomic mass is 16.4. The van der Waals surface area contributed by atoms with E-state index in [0.29, 0.717) is 0 Å². The Labute approximate surface area is 569 Å². The molecule has 40 nitrogen and oxygen atoms in total. The second kappa shape index (κ2) is 40.3. The summed E-state index contributed by atoms with van der Waals surface area (Å²) < 4.78 is 0. The standard InChI is InChI=1S/C59H98N18O22/c1-10-25(4)43(58(97)77-20-12-14-37(77)53(92)70-34(22-41(64)84)50(89)72-42(24(2)3)54(93)69-33(59(98)99)16-18-39(62)82)73-51(90)35(23-78)71-56(95)45(30(9)80)75-47(86)27(6)65-46(85)26(5)67-52(91)36-13-11-19-76(36)57(96)32(15-17-38(61)81)68-55(94)44(29(8)79)74-48(87)28(7)66-49(88)31(60)21-40(63)83/h24-37,42-45,78-80H,10-23,60H2,1-9H3,(H2,61,81)(H2,62,82)(H2,63,83)(H2,64,84)(H,65,85)(H,66,88)(H,67,91)(H,68,94)(H,69,93)(H,70,92)(H,71,95)(H,72,89)(H,73,90)(H,74,87)(H,75,86)(H,98,99)/t25-,26-,27-,28-,29+,30+,31-,32-,33-,34-,35-,36-,37-,42-,43-,44-,45-/m0/s1. The highest BCUT2D eigenvalue weighted by Crippen LogP contribution is 2.23. The molecule has 2 fully saturated rings. The summed E-state index contributed by atoms with van der Waals surface area (Å²) in [6.45, 7) is 10.8. The van der Waals surface area contributed by atoms with Crippen LogP contribution in [0.4, 0.5) is 0 Å². The van der Waals surface area contributed by atoms with Crippen LogP contribution in [0.2, 0.25) is 0 Å². The Morgan fingerprint density at radius 3 is 1.24 bits per heavy atom. The molecule has 0 bridgehead atoms. The smallest absolute Gasteiger partial charge is 0.326 e. The van der Waals surface area contributed by atoms with Crippen molar-refractivity contribution in [2.75, 3.05) is 19.7 Å². The van der Waals surface area contributed by atoms with Crippen LogP contribution in [0.3, 0.4) is 0 Å². The monoisotopic (exact) mass is 1410 g/mol. The van der Waals surface area contributed by atoms with Crippen LogP contribution in [-0.2, 0) is 86.3 Å². The van der Waals surface area contributed by atoms with Crippen LogP contribution < -0.4 is 87.2 Å². The number of nitrogens with zero attached hydrogens (tertiary/aromatic N) is 2. The quantitative estimate of drug-likeness (QED) is 0.0270.